The molecule has 0 aromatic heterocycles. The molecule has 0 heterocycles. The Balaban J connectivity index is 2.63. The molecular formula is C11H19NO3. The van der Waals surface area contributed by atoms with E-state index in [1.165, 1.54) is 0 Å². The quantitative estimate of drug-likeness (QED) is 0.744. The van der Waals surface area contributed by atoms with Crippen LogP contribution in [-0.2, 0) is 9.59 Å². The van der Waals surface area contributed by atoms with Crippen molar-refractivity contribution in [2.45, 2.75) is 45.6 Å². The zero-order valence-corrected chi connectivity index (χ0v) is 9.32. The smallest absolute Gasteiger partial charge is 0.307 e. The van der Waals surface area contributed by atoms with E-state index in [2.05, 4.69) is 5.32 Å². The molecule has 1 aliphatic rings. The number of rotatable bonds is 3. The van der Waals surface area contributed by atoms with Crippen LogP contribution < -0.4 is 5.32 Å². The van der Waals surface area contributed by atoms with Crippen LogP contribution in [0.2, 0.25) is 0 Å². The minimum atomic E-state index is -0.835. The molecule has 1 rings (SSSR count). The lowest BCUT2D eigenvalue weighted by Gasteiger charge is -2.28. The maximum absolute atomic E-state index is 11.7. The van der Waals surface area contributed by atoms with Gasteiger partial charge in [0.15, 0.2) is 0 Å². The van der Waals surface area contributed by atoms with Gasteiger partial charge in [0, 0.05) is 6.04 Å². The summed E-state index contributed by atoms with van der Waals surface area (Å²) in [5, 5.41) is 11.8. The van der Waals surface area contributed by atoms with E-state index in [1.807, 2.05) is 13.8 Å². The first kappa shape index (κ1) is 12.0. The zero-order chi connectivity index (χ0) is 11.4. The minimum Gasteiger partial charge on any atom is -0.481 e. The van der Waals surface area contributed by atoms with Crippen LogP contribution in [0.15, 0.2) is 0 Å². The molecular weight excluding hydrogens is 194 g/mol. The number of carbonyl (C=O) groups excluding carboxylic acids is 1. The Labute approximate surface area is 90.0 Å². The van der Waals surface area contributed by atoms with E-state index < -0.39 is 11.9 Å². The highest BCUT2D eigenvalue weighted by atomic mass is 16.4. The summed E-state index contributed by atoms with van der Waals surface area (Å²) in [6.45, 7) is 3.77. The first-order valence-electron chi connectivity index (χ1n) is 5.55. The number of carboxylic acid groups (broad SMARTS) is 1. The second kappa shape index (κ2) is 5.14. The van der Waals surface area contributed by atoms with Gasteiger partial charge in [-0.2, -0.15) is 0 Å². The fraction of sp³-hybridized carbons (Fsp3) is 0.818. The molecule has 2 atom stereocenters. The number of aliphatic carboxylic acids is 1. The van der Waals surface area contributed by atoms with Crippen LogP contribution in [0.3, 0.4) is 0 Å². The Morgan fingerprint density at radius 2 is 1.73 bits per heavy atom. The topological polar surface area (TPSA) is 66.4 Å². The average molecular weight is 213 g/mol. The summed E-state index contributed by atoms with van der Waals surface area (Å²) in [4.78, 5) is 22.7. The van der Waals surface area contributed by atoms with Crippen LogP contribution in [0, 0.1) is 11.8 Å². The van der Waals surface area contributed by atoms with Crippen molar-refractivity contribution in [3.63, 3.8) is 0 Å². The van der Waals surface area contributed by atoms with Crippen LogP contribution >= 0.6 is 0 Å². The number of amides is 1. The van der Waals surface area contributed by atoms with Gasteiger partial charge in [0.1, 0.15) is 0 Å². The summed E-state index contributed by atoms with van der Waals surface area (Å²) in [7, 11) is 0. The van der Waals surface area contributed by atoms with Crippen LogP contribution in [0.25, 0.3) is 0 Å². The van der Waals surface area contributed by atoms with Crippen molar-refractivity contribution < 1.29 is 14.7 Å². The molecule has 0 aliphatic heterocycles. The number of nitrogens with one attached hydrogen (secondary N) is 1. The maximum atomic E-state index is 11.7. The first-order chi connectivity index (χ1) is 7.02. The summed E-state index contributed by atoms with van der Waals surface area (Å²) in [6, 6.07) is 0.0777. The highest BCUT2D eigenvalue weighted by Crippen LogP contribution is 2.30. The van der Waals surface area contributed by atoms with E-state index in [9.17, 15) is 9.59 Å². The Bertz CT molecular complexity index is 250. The monoisotopic (exact) mass is 213 g/mol. The van der Waals surface area contributed by atoms with Crippen LogP contribution in [-0.4, -0.2) is 23.0 Å². The lowest BCUT2D eigenvalue weighted by molar-refractivity contribution is -0.149. The van der Waals surface area contributed by atoms with Gasteiger partial charge in [-0.1, -0.05) is 12.8 Å². The lowest BCUT2D eigenvalue weighted by Crippen LogP contribution is -2.42. The Hall–Kier alpha value is -1.06. The fourth-order valence-corrected chi connectivity index (χ4v) is 2.13. The van der Waals surface area contributed by atoms with Crippen molar-refractivity contribution in [1.29, 1.82) is 0 Å². The fourth-order valence-electron chi connectivity index (χ4n) is 2.13. The molecule has 15 heavy (non-hydrogen) atoms. The lowest BCUT2D eigenvalue weighted by atomic mass is 9.78. The Morgan fingerprint density at radius 1 is 1.20 bits per heavy atom. The standard InChI is InChI=1S/C11H19NO3/c1-7(2)12-10(13)8-5-3-4-6-9(8)11(14)15/h7-9H,3-6H2,1-2H3,(H,12,13)(H,14,15)/t8-,9+/m1/s1. The molecule has 0 aromatic rings. The summed E-state index contributed by atoms with van der Waals surface area (Å²) < 4.78 is 0. The summed E-state index contributed by atoms with van der Waals surface area (Å²) >= 11 is 0. The van der Waals surface area contributed by atoms with Crippen molar-refractivity contribution in [2.24, 2.45) is 11.8 Å². The molecule has 0 saturated heterocycles. The number of carbonyl (C=O) groups is 2. The van der Waals surface area contributed by atoms with Gasteiger partial charge in [0.05, 0.1) is 11.8 Å². The van der Waals surface area contributed by atoms with Crippen LogP contribution in [0.5, 0.6) is 0 Å². The second-order valence-electron chi connectivity index (χ2n) is 4.50. The van der Waals surface area contributed by atoms with E-state index in [4.69, 9.17) is 5.11 Å². The predicted octanol–water partition coefficient (Wildman–Crippen LogP) is 1.40. The molecule has 4 nitrogen and oxygen atoms in total. The van der Waals surface area contributed by atoms with E-state index in [0.29, 0.717) is 12.8 Å². The van der Waals surface area contributed by atoms with Gasteiger partial charge < -0.3 is 10.4 Å². The molecule has 1 fully saturated rings. The molecule has 86 valence electrons. The molecule has 0 aromatic carbocycles. The second-order valence-corrected chi connectivity index (χ2v) is 4.50. The molecule has 4 heteroatoms. The third kappa shape index (κ3) is 3.22. The molecule has 1 aliphatic carbocycles. The van der Waals surface area contributed by atoms with Gasteiger partial charge in [-0.15, -0.1) is 0 Å². The summed E-state index contributed by atoms with van der Waals surface area (Å²) in [5.41, 5.74) is 0. The predicted molar refractivity (Wildman–Crippen MR) is 56.4 cm³/mol. The molecule has 2 N–H and O–H groups in total. The Kier molecular flexibility index (Phi) is 4.12. The maximum Gasteiger partial charge on any atom is 0.307 e. The highest BCUT2D eigenvalue weighted by molar-refractivity contribution is 5.85. The third-order valence-corrected chi connectivity index (χ3v) is 2.85. The third-order valence-electron chi connectivity index (χ3n) is 2.85. The van der Waals surface area contributed by atoms with Gasteiger partial charge in [-0.25, -0.2) is 0 Å². The van der Waals surface area contributed by atoms with Crippen molar-refractivity contribution in [1.82, 2.24) is 5.32 Å². The molecule has 1 amide bonds. The van der Waals surface area contributed by atoms with Crippen LogP contribution in [0.4, 0.5) is 0 Å². The van der Waals surface area contributed by atoms with E-state index in [0.717, 1.165) is 12.8 Å². The average Bonchev–Trinajstić information content (AvgIpc) is 2.16. The van der Waals surface area contributed by atoms with E-state index in [-0.39, 0.29) is 17.9 Å². The van der Waals surface area contributed by atoms with Gasteiger partial charge in [-0.3, -0.25) is 9.59 Å². The van der Waals surface area contributed by atoms with Crippen molar-refractivity contribution in [3.05, 3.63) is 0 Å². The molecule has 0 spiro atoms. The van der Waals surface area contributed by atoms with Crippen molar-refractivity contribution in [3.8, 4) is 0 Å². The molecule has 0 bridgehead atoms. The van der Waals surface area contributed by atoms with Gasteiger partial charge in [0.25, 0.3) is 0 Å². The first-order valence-corrected chi connectivity index (χ1v) is 5.55. The normalized spacial score (nSPS) is 26.3. The van der Waals surface area contributed by atoms with Gasteiger partial charge in [0.2, 0.25) is 5.91 Å². The number of hydrogen-bond donors (Lipinski definition) is 2. The molecule has 0 radical (unpaired) electrons. The van der Waals surface area contributed by atoms with Crippen molar-refractivity contribution >= 4 is 11.9 Å². The minimum absolute atomic E-state index is 0.0777. The Morgan fingerprint density at radius 3 is 2.20 bits per heavy atom. The number of carboxylic acids is 1. The van der Waals surface area contributed by atoms with E-state index >= 15 is 0 Å². The largest absolute Gasteiger partial charge is 0.481 e. The van der Waals surface area contributed by atoms with Crippen LogP contribution in [0.1, 0.15) is 39.5 Å². The summed E-state index contributed by atoms with van der Waals surface area (Å²) in [5.74, 6) is -1.76. The summed E-state index contributed by atoms with van der Waals surface area (Å²) in [6.07, 6.45) is 3.21. The van der Waals surface area contributed by atoms with Crippen molar-refractivity contribution in [2.75, 3.05) is 0 Å². The van der Waals surface area contributed by atoms with Gasteiger partial charge in [-0.05, 0) is 26.7 Å². The number of hydrogen-bond acceptors (Lipinski definition) is 2. The molecule has 0 unspecified atom stereocenters. The highest BCUT2D eigenvalue weighted by Gasteiger charge is 2.35. The van der Waals surface area contributed by atoms with Gasteiger partial charge >= 0.3 is 5.97 Å². The van der Waals surface area contributed by atoms with E-state index in [1.54, 1.807) is 0 Å². The zero-order valence-electron chi connectivity index (χ0n) is 9.32. The SMILES string of the molecule is CC(C)NC(=O)[C@@H]1CCCC[C@@H]1C(=O)O. The molecule has 1 saturated carbocycles.